The molecule has 100 valence electrons. The van der Waals surface area contributed by atoms with E-state index < -0.39 is 24.6 Å². The highest BCUT2D eigenvalue weighted by molar-refractivity contribution is 5.67. The lowest BCUT2D eigenvalue weighted by Gasteiger charge is -2.19. The standard InChI is InChI=1S/C12H16O6/c1-17-7-3-4-8(10(5-7)18-2)12(16)9(13)6-11(14)15/h3-5,9,12-13,16H,6H2,1-2H3,(H,14,15). The lowest BCUT2D eigenvalue weighted by Crippen LogP contribution is -2.22. The zero-order valence-electron chi connectivity index (χ0n) is 10.2. The fourth-order valence-electron chi connectivity index (χ4n) is 1.56. The van der Waals surface area contributed by atoms with Crippen molar-refractivity contribution >= 4 is 5.97 Å². The summed E-state index contributed by atoms with van der Waals surface area (Å²) in [4.78, 5) is 10.5. The van der Waals surface area contributed by atoms with Crippen molar-refractivity contribution in [3.8, 4) is 11.5 Å². The molecule has 0 aromatic heterocycles. The van der Waals surface area contributed by atoms with Crippen LogP contribution in [0.15, 0.2) is 18.2 Å². The summed E-state index contributed by atoms with van der Waals surface area (Å²) in [6.45, 7) is 0. The Kier molecular flexibility index (Phi) is 4.94. The third-order valence-electron chi connectivity index (χ3n) is 2.51. The molecule has 1 rings (SSSR count). The molecule has 6 nitrogen and oxygen atoms in total. The predicted molar refractivity (Wildman–Crippen MR) is 62.8 cm³/mol. The number of benzene rings is 1. The smallest absolute Gasteiger partial charge is 0.306 e. The quantitative estimate of drug-likeness (QED) is 0.688. The summed E-state index contributed by atoms with van der Waals surface area (Å²) in [5.41, 5.74) is 0.312. The van der Waals surface area contributed by atoms with E-state index in [1.54, 1.807) is 12.1 Å². The van der Waals surface area contributed by atoms with Gasteiger partial charge in [0.2, 0.25) is 0 Å². The Bertz CT molecular complexity index is 417. The van der Waals surface area contributed by atoms with E-state index in [2.05, 4.69) is 0 Å². The van der Waals surface area contributed by atoms with E-state index >= 15 is 0 Å². The first-order valence-corrected chi connectivity index (χ1v) is 5.29. The fourth-order valence-corrected chi connectivity index (χ4v) is 1.56. The van der Waals surface area contributed by atoms with E-state index in [1.165, 1.54) is 20.3 Å². The summed E-state index contributed by atoms with van der Waals surface area (Å²) in [7, 11) is 2.90. The van der Waals surface area contributed by atoms with Crippen molar-refractivity contribution in [3.05, 3.63) is 23.8 Å². The van der Waals surface area contributed by atoms with Crippen LogP contribution in [-0.4, -0.2) is 41.6 Å². The lowest BCUT2D eigenvalue weighted by molar-refractivity contribution is -0.141. The van der Waals surface area contributed by atoms with Crippen molar-refractivity contribution < 1.29 is 29.6 Å². The first kappa shape index (κ1) is 14.3. The number of aliphatic hydroxyl groups is 2. The first-order valence-electron chi connectivity index (χ1n) is 5.29. The summed E-state index contributed by atoms with van der Waals surface area (Å²) in [5, 5.41) is 28.0. The minimum Gasteiger partial charge on any atom is -0.497 e. The van der Waals surface area contributed by atoms with Crippen molar-refractivity contribution in [2.75, 3.05) is 14.2 Å². The molecule has 0 radical (unpaired) electrons. The molecule has 1 aromatic carbocycles. The van der Waals surface area contributed by atoms with Crippen LogP contribution in [0.25, 0.3) is 0 Å². The molecule has 6 heteroatoms. The molecule has 0 aliphatic carbocycles. The van der Waals surface area contributed by atoms with E-state index in [9.17, 15) is 15.0 Å². The van der Waals surface area contributed by atoms with Gasteiger partial charge in [0, 0.05) is 11.6 Å². The van der Waals surface area contributed by atoms with Gasteiger partial charge in [-0.15, -0.1) is 0 Å². The molecule has 0 aliphatic rings. The molecular weight excluding hydrogens is 240 g/mol. The van der Waals surface area contributed by atoms with Crippen LogP contribution in [0.5, 0.6) is 11.5 Å². The maximum atomic E-state index is 10.5. The number of carbonyl (C=O) groups is 1. The van der Waals surface area contributed by atoms with E-state index in [1.807, 2.05) is 0 Å². The predicted octanol–water partition coefficient (Wildman–Crippen LogP) is 0.573. The van der Waals surface area contributed by atoms with Gasteiger partial charge < -0.3 is 24.8 Å². The van der Waals surface area contributed by atoms with Crippen LogP contribution < -0.4 is 9.47 Å². The molecule has 0 aliphatic heterocycles. The van der Waals surface area contributed by atoms with Crippen molar-refractivity contribution in [1.82, 2.24) is 0 Å². The van der Waals surface area contributed by atoms with Gasteiger partial charge in [0.1, 0.15) is 17.6 Å². The van der Waals surface area contributed by atoms with Crippen LogP contribution in [0.2, 0.25) is 0 Å². The molecular formula is C12H16O6. The minimum absolute atomic E-state index is 0.312. The average Bonchev–Trinajstić information content (AvgIpc) is 2.36. The minimum atomic E-state index is -1.40. The zero-order valence-corrected chi connectivity index (χ0v) is 10.2. The number of ether oxygens (including phenoxy) is 2. The Morgan fingerprint density at radius 3 is 2.44 bits per heavy atom. The van der Waals surface area contributed by atoms with Gasteiger partial charge in [-0.2, -0.15) is 0 Å². The number of aliphatic carboxylic acids is 1. The van der Waals surface area contributed by atoms with Gasteiger partial charge in [0.25, 0.3) is 0 Å². The molecule has 0 heterocycles. The number of methoxy groups -OCH3 is 2. The number of carboxylic acid groups (broad SMARTS) is 1. The Morgan fingerprint density at radius 1 is 1.28 bits per heavy atom. The molecule has 1 aromatic rings. The van der Waals surface area contributed by atoms with Crippen LogP contribution in [0.4, 0.5) is 0 Å². The second-order valence-electron chi connectivity index (χ2n) is 3.72. The molecule has 18 heavy (non-hydrogen) atoms. The largest absolute Gasteiger partial charge is 0.497 e. The van der Waals surface area contributed by atoms with Gasteiger partial charge >= 0.3 is 5.97 Å². The number of rotatable bonds is 6. The Hall–Kier alpha value is -1.79. The number of hydrogen-bond acceptors (Lipinski definition) is 5. The number of aliphatic hydroxyl groups excluding tert-OH is 2. The van der Waals surface area contributed by atoms with E-state index in [4.69, 9.17) is 14.6 Å². The fraction of sp³-hybridized carbons (Fsp3) is 0.417. The van der Waals surface area contributed by atoms with Gasteiger partial charge in [-0.1, -0.05) is 0 Å². The van der Waals surface area contributed by atoms with Crippen LogP contribution in [0, 0.1) is 0 Å². The molecule has 2 atom stereocenters. The molecule has 2 unspecified atom stereocenters. The lowest BCUT2D eigenvalue weighted by atomic mass is 10.0. The molecule has 0 amide bonds. The summed E-state index contributed by atoms with van der Waals surface area (Å²) in [5.74, 6) is -0.323. The molecule has 0 bridgehead atoms. The van der Waals surface area contributed by atoms with E-state index in [0.29, 0.717) is 17.1 Å². The SMILES string of the molecule is COc1ccc(C(O)C(O)CC(=O)O)c(OC)c1. The first-order chi connectivity index (χ1) is 8.49. The highest BCUT2D eigenvalue weighted by Crippen LogP contribution is 2.31. The highest BCUT2D eigenvalue weighted by atomic mass is 16.5. The van der Waals surface area contributed by atoms with E-state index in [0.717, 1.165) is 0 Å². The maximum absolute atomic E-state index is 10.5. The molecule has 3 N–H and O–H groups in total. The highest BCUT2D eigenvalue weighted by Gasteiger charge is 2.24. The van der Waals surface area contributed by atoms with Crippen molar-refractivity contribution in [3.63, 3.8) is 0 Å². The zero-order chi connectivity index (χ0) is 13.7. The van der Waals surface area contributed by atoms with Gasteiger partial charge in [0.15, 0.2) is 0 Å². The number of carboxylic acids is 1. The van der Waals surface area contributed by atoms with Crippen molar-refractivity contribution in [1.29, 1.82) is 0 Å². The monoisotopic (exact) mass is 256 g/mol. The number of hydrogen-bond donors (Lipinski definition) is 3. The Balaban J connectivity index is 2.97. The third-order valence-corrected chi connectivity index (χ3v) is 2.51. The molecule has 0 spiro atoms. The van der Waals surface area contributed by atoms with E-state index in [-0.39, 0.29) is 0 Å². The summed E-state index contributed by atoms with van der Waals surface area (Å²) >= 11 is 0. The Morgan fingerprint density at radius 2 is 1.94 bits per heavy atom. The average molecular weight is 256 g/mol. The van der Waals surface area contributed by atoms with Crippen molar-refractivity contribution in [2.45, 2.75) is 18.6 Å². The summed E-state index contributed by atoms with van der Waals surface area (Å²) in [6, 6.07) is 4.66. The van der Waals surface area contributed by atoms with Crippen LogP contribution in [-0.2, 0) is 4.79 Å². The molecule has 0 fully saturated rings. The summed E-state index contributed by atoms with van der Waals surface area (Å²) in [6.07, 6.45) is -3.28. The molecule has 0 saturated carbocycles. The molecule has 0 saturated heterocycles. The van der Waals surface area contributed by atoms with Crippen LogP contribution >= 0.6 is 0 Å². The third kappa shape index (κ3) is 3.35. The second-order valence-corrected chi connectivity index (χ2v) is 3.72. The van der Waals surface area contributed by atoms with Gasteiger partial charge in [0.05, 0.1) is 26.7 Å². The van der Waals surface area contributed by atoms with Crippen molar-refractivity contribution in [2.24, 2.45) is 0 Å². The summed E-state index contributed by atoms with van der Waals surface area (Å²) < 4.78 is 10.1. The van der Waals surface area contributed by atoms with Gasteiger partial charge in [-0.25, -0.2) is 0 Å². The Labute approximate surface area is 104 Å². The van der Waals surface area contributed by atoms with Gasteiger partial charge in [-0.3, -0.25) is 4.79 Å². The second kappa shape index (κ2) is 6.23. The maximum Gasteiger partial charge on any atom is 0.306 e. The van der Waals surface area contributed by atoms with Crippen LogP contribution in [0.3, 0.4) is 0 Å². The topological polar surface area (TPSA) is 96.2 Å². The normalized spacial score (nSPS) is 13.8. The van der Waals surface area contributed by atoms with Gasteiger partial charge in [-0.05, 0) is 12.1 Å². The van der Waals surface area contributed by atoms with Crippen LogP contribution in [0.1, 0.15) is 18.1 Å².